The van der Waals surface area contributed by atoms with Gasteiger partial charge >= 0.3 is 22.8 Å². The van der Waals surface area contributed by atoms with Crippen LogP contribution in [0.4, 0.5) is 0 Å². The van der Waals surface area contributed by atoms with E-state index in [1.54, 1.807) is 0 Å². The van der Waals surface area contributed by atoms with Crippen molar-refractivity contribution in [2.24, 2.45) is 0 Å². The lowest BCUT2D eigenvalue weighted by molar-refractivity contribution is 0.308. The van der Waals surface area contributed by atoms with E-state index in [0.717, 1.165) is 9.13 Å². The molecule has 11 heteroatoms. The number of rotatable bonds is 8. The van der Waals surface area contributed by atoms with Crippen molar-refractivity contribution < 1.29 is 0 Å². The first kappa shape index (κ1) is 15.8. The Morgan fingerprint density at radius 3 is 1.36 bits per heavy atom. The van der Waals surface area contributed by atoms with E-state index in [9.17, 15) is 19.2 Å². The number of aromatic amines is 4. The van der Waals surface area contributed by atoms with E-state index in [1.807, 2.05) is 11.9 Å². The lowest BCUT2D eigenvalue weighted by Gasteiger charge is -2.15. The zero-order valence-corrected chi connectivity index (χ0v) is 12.2. The molecule has 122 valence electrons. The molecular weight excluding hydrogens is 294 g/mol. The summed E-state index contributed by atoms with van der Waals surface area (Å²) in [4.78, 5) is 47.1. The SMILES string of the molecule is CN(CCCn1c(=O)[nH][nH]c1=O)CCCn1c(=O)[nH][nH]c1=O. The smallest absolute Gasteiger partial charge is 0.306 e. The van der Waals surface area contributed by atoms with Crippen LogP contribution in [0.2, 0.25) is 0 Å². The van der Waals surface area contributed by atoms with Gasteiger partial charge in [0, 0.05) is 13.1 Å². The minimum Gasteiger partial charge on any atom is -0.306 e. The van der Waals surface area contributed by atoms with Gasteiger partial charge in [0.25, 0.3) is 0 Å². The molecule has 2 aromatic rings. The van der Waals surface area contributed by atoms with Crippen molar-refractivity contribution in [2.75, 3.05) is 20.1 Å². The Bertz CT molecular complexity index is 693. The van der Waals surface area contributed by atoms with Crippen LogP contribution in [-0.2, 0) is 13.1 Å². The fourth-order valence-corrected chi connectivity index (χ4v) is 2.18. The van der Waals surface area contributed by atoms with Crippen LogP contribution in [0.25, 0.3) is 0 Å². The summed E-state index contributed by atoms with van der Waals surface area (Å²) >= 11 is 0. The van der Waals surface area contributed by atoms with Crippen molar-refractivity contribution >= 4 is 0 Å². The molecule has 0 amide bonds. The molecule has 2 rings (SSSR count). The monoisotopic (exact) mass is 313 g/mol. The first-order valence-corrected chi connectivity index (χ1v) is 6.92. The molecule has 0 aliphatic carbocycles. The Morgan fingerprint density at radius 2 is 1.05 bits per heavy atom. The molecule has 0 aliphatic rings. The number of nitrogens with one attached hydrogen (secondary N) is 4. The summed E-state index contributed by atoms with van der Waals surface area (Å²) in [6.45, 7) is 2.04. The van der Waals surface area contributed by atoms with Gasteiger partial charge in [0.1, 0.15) is 0 Å². The molecule has 0 saturated heterocycles. The molecule has 11 nitrogen and oxygen atoms in total. The van der Waals surface area contributed by atoms with Crippen LogP contribution in [0.1, 0.15) is 12.8 Å². The Balaban J connectivity index is 1.71. The molecule has 0 atom stereocenters. The van der Waals surface area contributed by atoms with Crippen molar-refractivity contribution in [1.82, 2.24) is 34.4 Å². The maximum Gasteiger partial charge on any atom is 0.344 e. The molecule has 0 saturated carbocycles. The Labute approximate surface area is 123 Å². The maximum atomic E-state index is 11.3. The van der Waals surface area contributed by atoms with Crippen LogP contribution in [0.5, 0.6) is 0 Å². The van der Waals surface area contributed by atoms with E-state index in [4.69, 9.17) is 0 Å². The standard InChI is InChI=1S/C11H19N7O4/c1-16(4-2-6-17-8(19)12-13-9(17)20)5-3-7-18-10(21)14-15-11(18)22/h2-7H2,1H3,(H,12,19)(H,13,20)(H,14,21)(H,15,22). The number of aromatic nitrogens is 6. The summed E-state index contributed by atoms with van der Waals surface area (Å²) in [6, 6.07) is 0. The molecule has 0 bridgehead atoms. The van der Waals surface area contributed by atoms with Crippen molar-refractivity contribution in [3.8, 4) is 0 Å². The van der Waals surface area contributed by atoms with E-state index in [-0.39, 0.29) is 0 Å². The number of hydrogen-bond donors (Lipinski definition) is 4. The quantitative estimate of drug-likeness (QED) is 0.424. The molecule has 0 aliphatic heterocycles. The highest BCUT2D eigenvalue weighted by atomic mass is 16.2. The fourth-order valence-electron chi connectivity index (χ4n) is 2.18. The first-order valence-electron chi connectivity index (χ1n) is 6.92. The van der Waals surface area contributed by atoms with Crippen molar-refractivity contribution in [1.29, 1.82) is 0 Å². The van der Waals surface area contributed by atoms with E-state index in [0.29, 0.717) is 39.0 Å². The van der Waals surface area contributed by atoms with E-state index < -0.39 is 22.8 Å². The average molecular weight is 313 g/mol. The second-order valence-corrected chi connectivity index (χ2v) is 5.03. The molecule has 0 fully saturated rings. The molecule has 0 aromatic carbocycles. The number of H-pyrrole nitrogens is 4. The highest BCUT2D eigenvalue weighted by Crippen LogP contribution is 1.92. The van der Waals surface area contributed by atoms with Crippen LogP contribution in [0.15, 0.2) is 19.2 Å². The first-order chi connectivity index (χ1) is 10.5. The highest BCUT2D eigenvalue weighted by molar-refractivity contribution is 4.67. The van der Waals surface area contributed by atoms with E-state index in [1.165, 1.54) is 0 Å². The molecule has 4 N–H and O–H groups in total. The van der Waals surface area contributed by atoms with Gasteiger partial charge in [-0.15, -0.1) is 0 Å². The van der Waals surface area contributed by atoms with Crippen LogP contribution in [-0.4, -0.2) is 54.6 Å². The van der Waals surface area contributed by atoms with E-state index in [2.05, 4.69) is 20.4 Å². The molecule has 22 heavy (non-hydrogen) atoms. The topological polar surface area (TPSA) is 145 Å². The summed E-state index contributed by atoms with van der Waals surface area (Å²) in [6.07, 6.45) is 1.28. The van der Waals surface area contributed by atoms with Gasteiger partial charge < -0.3 is 4.90 Å². The van der Waals surface area contributed by atoms with Gasteiger partial charge in [0.15, 0.2) is 0 Å². The van der Waals surface area contributed by atoms with Gasteiger partial charge in [-0.05, 0) is 33.0 Å². The molecule has 2 heterocycles. The lowest BCUT2D eigenvalue weighted by Crippen LogP contribution is -2.31. The molecule has 0 radical (unpaired) electrons. The zero-order chi connectivity index (χ0) is 16.1. The van der Waals surface area contributed by atoms with Crippen molar-refractivity contribution in [3.63, 3.8) is 0 Å². The van der Waals surface area contributed by atoms with Crippen LogP contribution < -0.4 is 22.8 Å². The Morgan fingerprint density at radius 1 is 0.727 bits per heavy atom. The van der Waals surface area contributed by atoms with Crippen molar-refractivity contribution in [2.45, 2.75) is 25.9 Å². The second kappa shape index (κ2) is 6.93. The van der Waals surface area contributed by atoms with E-state index >= 15 is 0 Å². The van der Waals surface area contributed by atoms with Gasteiger partial charge in [-0.3, -0.25) is 0 Å². The second-order valence-electron chi connectivity index (χ2n) is 5.03. The molecule has 0 spiro atoms. The third-order valence-corrected chi connectivity index (χ3v) is 3.38. The Hall–Kier alpha value is -2.56. The van der Waals surface area contributed by atoms with Crippen LogP contribution in [0.3, 0.4) is 0 Å². The minimum atomic E-state index is -0.446. The van der Waals surface area contributed by atoms with Crippen molar-refractivity contribution in [3.05, 3.63) is 41.9 Å². The fraction of sp³-hybridized carbons (Fsp3) is 0.636. The predicted molar refractivity (Wildman–Crippen MR) is 78.1 cm³/mol. The normalized spacial score (nSPS) is 11.4. The van der Waals surface area contributed by atoms with Gasteiger partial charge in [0.2, 0.25) is 0 Å². The van der Waals surface area contributed by atoms with Gasteiger partial charge in [-0.25, -0.2) is 48.7 Å². The summed E-state index contributed by atoms with van der Waals surface area (Å²) in [5.74, 6) is 0. The summed E-state index contributed by atoms with van der Waals surface area (Å²) in [5.41, 5.74) is -1.78. The van der Waals surface area contributed by atoms with Gasteiger partial charge in [0.05, 0.1) is 0 Å². The van der Waals surface area contributed by atoms with Crippen LogP contribution in [0, 0.1) is 0 Å². The summed E-state index contributed by atoms with van der Waals surface area (Å²) < 4.78 is 2.21. The number of hydrogen-bond acceptors (Lipinski definition) is 5. The minimum absolute atomic E-state index is 0.332. The van der Waals surface area contributed by atoms with Gasteiger partial charge in [-0.1, -0.05) is 0 Å². The Kier molecular flexibility index (Phi) is 4.99. The molecular formula is C11H19N7O4. The maximum absolute atomic E-state index is 11.3. The largest absolute Gasteiger partial charge is 0.344 e. The third kappa shape index (κ3) is 3.75. The lowest BCUT2D eigenvalue weighted by atomic mass is 10.3. The summed E-state index contributed by atoms with van der Waals surface area (Å²) in [5, 5.41) is 8.90. The molecule has 0 unspecified atom stereocenters. The predicted octanol–water partition coefficient (Wildman–Crippen LogP) is -2.54. The van der Waals surface area contributed by atoms with Crippen LogP contribution >= 0.6 is 0 Å². The third-order valence-electron chi connectivity index (χ3n) is 3.38. The average Bonchev–Trinajstić information content (AvgIpc) is 2.96. The number of nitrogens with zero attached hydrogens (tertiary/aromatic N) is 3. The summed E-state index contributed by atoms with van der Waals surface area (Å²) in [7, 11) is 1.90. The highest BCUT2D eigenvalue weighted by Gasteiger charge is 2.05. The molecule has 2 aromatic heterocycles. The zero-order valence-electron chi connectivity index (χ0n) is 12.2. The van der Waals surface area contributed by atoms with Gasteiger partial charge in [-0.2, -0.15) is 0 Å².